The van der Waals surface area contributed by atoms with E-state index in [1.165, 1.54) is 18.2 Å². The molecule has 1 aromatic carbocycles. The summed E-state index contributed by atoms with van der Waals surface area (Å²) in [5, 5.41) is 0. The number of hydrogen-bond acceptors (Lipinski definition) is 3. The van der Waals surface area contributed by atoms with E-state index < -0.39 is 5.82 Å². The van der Waals surface area contributed by atoms with Gasteiger partial charge in [0.2, 0.25) is 0 Å². The van der Waals surface area contributed by atoms with Crippen molar-refractivity contribution in [1.29, 1.82) is 0 Å². The molecule has 19 heavy (non-hydrogen) atoms. The number of piperazine rings is 1. The first-order valence-electron chi connectivity index (χ1n) is 6.29. The molecule has 1 amide bonds. The predicted octanol–water partition coefficient (Wildman–Crippen LogP) is 1.35. The summed E-state index contributed by atoms with van der Waals surface area (Å²) in [5.74, 6) is -0.641. The van der Waals surface area contributed by atoms with Gasteiger partial charge < -0.3 is 10.6 Å². The molecule has 0 aliphatic carbocycles. The maximum absolute atomic E-state index is 13.2. The Kier molecular flexibility index (Phi) is 4.16. The molecule has 0 unspecified atom stereocenters. The van der Waals surface area contributed by atoms with Gasteiger partial charge in [-0.3, -0.25) is 9.69 Å². The van der Waals surface area contributed by atoms with E-state index in [-0.39, 0.29) is 11.5 Å². The van der Waals surface area contributed by atoms with E-state index in [1.54, 1.807) is 4.90 Å². The molecular weight excluding hydrogens is 245 g/mol. The van der Waals surface area contributed by atoms with Crippen molar-refractivity contribution in [3.05, 3.63) is 42.2 Å². The second kappa shape index (κ2) is 5.84. The number of benzene rings is 1. The summed E-state index contributed by atoms with van der Waals surface area (Å²) in [4.78, 5) is 16.2. The van der Waals surface area contributed by atoms with Crippen molar-refractivity contribution >= 4 is 11.6 Å². The molecule has 2 rings (SSSR count). The van der Waals surface area contributed by atoms with Crippen LogP contribution >= 0.6 is 0 Å². The molecule has 0 saturated carbocycles. The van der Waals surface area contributed by atoms with Gasteiger partial charge in [-0.2, -0.15) is 0 Å². The summed E-state index contributed by atoms with van der Waals surface area (Å²) in [6, 6.07) is 3.89. The van der Waals surface area contributed by atoms with Gasteiger partial charge in [-0.25, -0.2) is 4.39 Å². The third-order valence-corrected chi connectivity index (χ3v) is 3.29. The topological polar surface area (TPSA) is 49.6 Å². The van der Waals surface area contributed by atoms with Crippen molar-refractivity contribution in [2.45, 2.75) is 0 Å². The van der Waals surface area contributed by atoms with E-state index >= 15 is 0 Å². The van der Waals surface area contributed by atoms with Crippen LogP contribution < -0.4 is 5.73 Å². The molecule has 1 fully saturated rings. The van der Waals surface area contributed by atoms with Gasteiger partial charge in [0.25, 0.3) is 5.91 Å². The number of carbonyl (C=O) groups is 1. The van der Waals surface area contributed by atoms with Crippen molar-refractivity contribution in [3.8, 4) is 0 Å². The molecule has 0 radical (unpaired) electrons. The normalized spacial score (nSPS) is 16.4. The molecule has 1 heterocycles. The maximum Gasteiger partial charge on any atom is 0.256 e. The highest BCUT2D eigenvalue weighted by Gasteiger charge is 2.23. The molecule has 0 atom stereocenters. The van der Waals surface area contributed by atoms with Crippen molar-refractivity contribution < 1.29 is 9.18 Å². The van der Waals surface area contributed by atoms with E-state index in [0.29, 0.717) is 18.8 Å². The molecule has 5 heteroatoms. The molecule has 0 aromatic heterocycles. The number of nitrogen functional groups attached to an aromatic ring is 1. The molecule has 1 aromatic rings. The molecule has 102 valence electrons. The van der Waals surface area contributed by atoms with E-state index in [4.69, 9.17) is 5.73 Å². The second-order valence-electron chi connectivity index (χ2n) is 4.61. The Morgan fingerprint density at radius 2 is 2.05 bits per heavy atom. The van der Waals surface area contributed by atoms with Gasteiger partial charge in [-0.1, -0.05) is 6.08 Å². The Hall–Kier alpha value is -1.88. The first-order chi connectivity index (χ1) is 9.11. The summed E-state index contributed by atoms with van der Waals surface area (Å²) >= 11 is 0. The van der Waals surface area contributed by atoms with Gasteiger partial charge in [0.05, 0.1) is 5.56 Å². The van der Waals surface area contributed by atoms with Crippen LogP contribution in [0.25, 0.3) is 0 Å². The first-order valence-corrected chi connectivity index (χ1v) is 6.29. The Morgan fingerprint density at radius 1 is 1.37 bits per heavy atom. The minimum Gasteiger partial charge on any atom is -0.398 e. The first kappa shape index (κ1) is 13.5. The molecule has 4 nitrogen and oxygen atoms in total. The van der Waals surface area contributed by atoms with Crippen LogP contribution in [0.5, 0.6) is 0 Å². The maximum atomic E-state index is 13.2. The second-order valence-corrected chi connectivity index (χ2v) is 4.61. The van der Waals surface area contributed by atoms with E-state index in [1.807, 2.05) is 6.08 Å². The molecule has 1 aliphatic rings. The highest BCUT2D eigenvalue weighted by molar-refractivity contribution is 5.99. The molecule has 2 N–H and O–H groups in total. The van der Waals surface area contributed by atoms with Crippen LogP contribution in [-0.4, -0.2) is 48.4 Å². The lowest BCUT2D eigenvalue weighted by Crippen LogP contribution is -2.48. The smallest absolute Gasteiger partial charge is 0.256 e. The fourth-order valence-electron chi connectivity index (χ4n) is 2.20. The van der Waals surface area contributed by atoms with Crippen molar-refractivity contribution in [1.82, 2.24) is 9.80 Å². The SMILES string of the molecule is C=CCN1CCN(C(=O)c2cc(F)ccc2N)CC1. The number of nitrogens with two attached hydrogens (primary N) is 1. The number of carbonyl (C=O) groups excluding carboxylic acids is 1. The van der Waals surface area contributed by atoms with Crippen LogP contribution in [0.3, 0.4) is 0 Å². The van der Waals surface area contributed by atoms with Crippen molar-refractivity contribution in [3.63, 3.8) is 0 Å². The molecule has 1 aliphatic heterocycles. The zero-order valence-electron chi connectivity index (χ0n) is 10.8. The zero-order valence-corrected chi connectivity index (χ0v) is 10.8. The van der Waals surface area contributed by atoms with Gasteiger partial charge in [0, 0.05) is 38.4 Å². The van der Waals surface area contributed by atoms with Crippen molar-refractivity contribution in [2.24, 2.45) is 0 Å². The van der Waals surface area contributed by atoms with E-state index in [9.17, 15) is 9.18 Å². The fraction of sp³-hybridized carbons (Fsp3) is 0.357. The number of rotatable bonds is 3. The van der Waals surface area contributed by atoms with Gasteiger partial charge in [-0.05, 0) is 18.2 Å². The van der Waals surface area contributed by atoms with Crippen LogP contribution in [0.2, 0.25) is 0 Å². The minimum absolute atomic E-state index is 0.199. The lowest BCUT2D eigenvalue weighted by Gasteiger charge is -2.34. The highest BCUT2D eigenvalue weighted by Crippen LogP contribution is 2.17. The number of hydrogen-bond donors (Lipinski definition) is 1. The third kappa shape index (κ3) is 3.12. The quantitative estimate of drug-likeness (QED) is 0.661. The number of amides is 1. The fourth-order valence-corrected chi connectivity index (χ4v) is 2.20. The van der Waals surface area contributed by atoms with Gasteiger partial charge in [0.15, 0.2) is 0 Å². The lowest BCUT2D eigenvalue weighted by atomic mass is 10.1. The molecular formula is C14H18FN3O. The lowest BCUT2D eigenvalue weighted by molar-refractivity contribution is 0.0651. The Balaban J connectivity index is 2.05. The number of halogens is 1. The Labute approximate surface area is 112 Å². The molecule has 1 saturated heterocycles. The zero-order chi connectivity index (χ0) is 13.8. The van der Waals surface area contributed by atoms with Gasteiger partial charge in [0.1, 0.15) is 5.82 Å². The monoisotopic (exact) mass is 263 g/mol. The van der Waals surface area contributed by atoms with Gasteiger partial charge in [-0.15, -0.1) is 6.58 Å². The molecule has 0 bridgehead atoms. The summed E-state index contributed by atoms with van der Waals surface area (Å²) in [6.07, 6.45) is 1.85. The van der Waals surface area contributed by atoms with Crippen LogP contribution in [0.4, 0.5) is 10.1 Å². The number of nitrogens with zero attached hydrogens (tertiary/aromatic N) is 2. The number of anilines is 1. The standard InChI is InChI=1S/C14H18FN3O/c1-2-5-17-6-8-18(9-7-17)14(19)12-10-11(15)3-4-13(12)16/h2-4,10H,1,5-9,16H2. The van der Waals surface area contributed by atoms with Crippen molar-refractivity contribution in [2.75, 3.05) is 38.5 Å². The highest BCUT2D eigenvalue weighted by atomic mass is 19.1. The van der Waals surface area contributed by atoms with E-state index in [0.717, 1.165) is 19.6 Å². The summed E-state index contributed by atoms with van der Waals surface area (Å²) in [6.45, 7) is 7.37. The third-order valence-electron chi connectivity index (χ3n) is 3.29. The summed E-state index contributed by atoms with van der Waals surface area (Å²) in [5.41, 5.74) is 6.30. The van der Waals surface area contributed by atoms with Crippen LogP contribution in [0.15, 0.2) is 30.9 Å². The van der Waals surface area contributed by atoms with Crippen LogP contribution in [0, 0.1) is 5.82 Å². The largest absolute Gasteiger partial charge is 0.398 e. The average molecular weight is 263 g/mol. The summed E-state index contributed by atoms with van der Waals surface area (Å²) in [7, 11) is 0. The van der Waals surface area contributed by atoms with Crippen LogP contribution in [-0.2, 0) is 0 Å². The minimum atomic E-state index is -0.442. The summed E-state index contributed by atoms with van der Waals surface area (Å²) < 4.78 is 13.2. The molecule has 0 spiro atoms. The predicted molar refractivity (Wildman–Crippen MR) is 73.4 cm³/mol. The average Bonchev–Trinajstić information content (AvgIpc) is 2.42. The van der Waals surface area contributed by atoms with E-state index in [2.05, 4.69) is 11.5 Å². The Morgan fingerprint density at radius 3 is 2.68 bits per heavy atom. The van der Waals surface area contributed by atoms with Crippen LogP contribution in [0.1, 0.15) is 10.4 Å². The van der Waals surface area contributed by atoms with Gasteiger partial charge >= 0.3 is 0 Å². The Bertz CT molecular complexity index is 482.